The molecule has 0 aromatic rings. The minimum Gasteiger partial charge on any atom is -0.386 e. The number of hydrogen-bond acceptors (Lipinski definition) is 7. The smallest absolute Gasteiger partial charge is 0.0953 e. The summed E-state index contributed by atoms with van der Waals surface area (Å²) in [7, 11) is 0. The van der Waals surface area contributed by atoms with Crippen LogP contribution in [-0.4, -0.2) is 44.3 Å². The molecule has 2 heterocycles. The number of nitrogens with one attached hydrogen (secondary N) is 4. The summed E-state index contributed by atoms with van der Waals surface area (Å²) in [6.45, 7) is 2.49. The summed E-state index contributed by atoms with van der Waals surface area (Å²) in [5.41, 5.74) is 12.1. The first kappa shape index (κ1) is 14.5. The highest BCUT2D eigenvalue weighted by Gasteiger charge is 2.18. The maximum atomic E-state index is 6.03. The first-order valence-electron chi connectivity index (χ1n) is 7.00. The summed E-state index contributed by atoms with van der Waals surface area (Å²) in [6.07, 6.45) is 6.88. The Balaban J connectivity index is 1.57. The summed E-state index contributed by atoms with van der Waals surface area (Å²) in [5.74, 6) is 0. The van der Waals surface area contributed by atoms with Gasteiger partial charge >= 0.3 is 0 Å². The molecule has 0 spiro atoms. The Morgan fingerprint density at radius 3 is 2.89 bits per heavy atom. The molecule has 110 valence electrons. The lowest BCUT2D eigenvalue weighted by atomic mass is 10.2. The van der Waals surface area contributed by atoms with Crippen molar-refractivity contribution in [2.45, 2.75) is 43.9 Å². The van der Waals surface area contributed by atoms with Crippen molar-refractivity contribution in [2.24, 2.45) is 11.5 Å². The zero-order valence-electron chi connectivity index (χ0n) is 11.3. The molecule has 2 rings (SSSR count). The number of rotatable bonds is 7. The van der Waals surface area contributed by atoms with E-state index < -0.39 is 0 Å². The van der Waals surface area contributed by atoms with Gasteiger partial charge in [0.2, 0.25) is 0 Å². The predicted octanol–water partition coefficient (Wildman–Crippen LogP) is -1.71. The van der Waals surface area contributed by atoms with E-state index >= 15 is 0 Å². The van der Waals surface area contributed by atoms with E-state index in [1.807, 2.05) is 12.4 Å². The maximum absolute atomic E-state index is 6.03. The molecule has 7 nitrogen and oxygen atoms in total. The van der Waals surface area contributed by atoms with Crippen molar-refractivity contribution in [1.82, 2.24) is 21.3 Å². The second kappa shape index (κ2) is 7.66. The Hall–Kier alpha value is -0.860. The van der Waals surface area contributed by atoms with Gasteiger partial charge in [0.25, 0.3) is 0 Å². The highest BCUT2D eigenvalue weighted by molar-refractivity contribution is 4.89. The van der Waals surface area contributed by atoms with E-state index in [9.17, 15) is 0 Å². The van der Waals surface area contributed by atoms with Crippen LogP contribution >= 0.6 is 0 Å². The van der Waals surface area contributed by atoms with Crippen molar-refractivity contribution in [2.75, 3.05) is 19.7 Å². The monoisotopic (exact) mass is 270 g/mol. The Morgan fingerprint density at radius 1 is 1.32 bits per heavy atom. The molecular formula is C12H26N6O. The quantitative estimate of drug-likeness (QED) is 0.306. The van der Waals surface area contributed by atoms with Crippen LogP contribution in [0, 0.1) is 0 Å². The Bertz CT molecular complexity index is 281. The average molecular weight is 270 g/mol. The highest BCUT2D eigenvalue weighted by Crippen LogP contribution is 2.10. The van der Waals surface area contributed by atoms with Crippen LogP contribution < -0.4 is 32.7 Å². The molecule has 7 heteroatoms. The van der Waals surface area contributed by atoms with Gasteiger partial charge in [-0.3, -0.25) is 10.6 Å². The van der Waals surface area contributed by atoms with Crippen molar-refractivity contribution in [3.63, 3.8) is 0 Å². The molecular weight excluding hydrogens is 244 g/mol. The molecule has 8 N–H and O–H groups in total. The second-order valence-corrected chi connectivity index (χ2v) is 5.12. The normalized spacial score (nSPS) is 29.6. The summed E-state index contributed by atoms with van der Waals surface area (Å²) >= 11 is 0. The fraction of sp³-hybridized carbons (Fsp3) is 0.833. The SMILES string of the molecule is NC(CC(N)NC1CNC=CN1)NCC1CCCO1. The van der Waals surface area contributed by atoms with E-state index in [0.717, 1.165) is 32.5 Å². The molecule has 0 amide bonds. The third-order valence-corrected chi connectivity index (χ3v) is 3.38. The standard InChI is InChI=1S/C12H26N6O/c13-10(17-7-9-2-1-5-19-9)6-11(14)18-12-8-15-3-4-16-12/h3-4,9-12,15-18H,1-2,5-8,13-14H2. The van der Waals surface area contributed by atoms with Gasteiger partial charge < -0.3 is 26.8 Å². The Labute approximate surface area is 114 Å². The topological polar surface area (TPSA) is 109 Å². The Morgan fingerprint density at radius 2 is 2.21 bits per heavy atom. The van der Waals surface area contributed by atoms with E-state index in [1.54, 1.807) is 0 Å². The lowest BCUT2D eigenvalue weighted by molar-refractivity contribution is 0.106. The molecule has 0 aromatic carbocycles. The van der Waals surface area contributed by atoms with E-state index in [0.29, 0.717) is 12.5 Å². The predicted molar refractivity (Wildman–Crippen MR) is 74.7 cm³/mol. The third kappa shape index (κ3) is 5.33. The van der Waals surface area contributed by atoms with Gasteiger partial charge in [-0.15, -0.1) is 0 Å². The molecule has 0 saturated carbocycles. The number of hydrogen-bond donors (Lipinski definition) is 6. The first-order chi connectivity index (χ1) is 9.24. The fourth-order valence-electron chi connectivity index (χ4n) is 2.35. The zero-order chi connectivity index (χ0) is 13.5. The number of nitrogens with two attached hydrogens (primary N) is 2. The van der Waals surface area contributed by atoms with Gasteiger partial charge in [-0.2, -0.15) is 0 Å². The van der Waals surface area contributed by atoms with Crippen LogP contribution in [0.15, 0.2) is 12.4 Å². The van der Waals surface area contributed by atoms with Crippen LogP contribution in [0.25, 0.3) is 0 Å². The van der Waals surface area contributed by atoms with Crippen LogP contribution in [0.2, 0.25) is 0 Å². The minimum atomic E-state index is -0.141. The van der Waals surface area contributed by atoms with Gasteiger partial charge in [-0.1, -0.05) is 0 Å². The van der Waals surface area contributed by atoms with Crippen LogP contribution in [0.3, 0.4) is 0 Å². The van der Waals surface area contributed by atoms with Gasteiger partial charge in [0.15, 0.2) is 0 Å². The van der Waals surface area contributed by atoms with Gasteiger partial charge in [0.1, 0.15) is 0 Å². The lowest BCUT2D eigenvalue weighted by Crippen LogP contribution is -2.57. The summed E-state index contributed by atoms with van der Waals surface area (Å²) < 4.78 is 5.54. The molecule has 4 unspecified atom stereocenters. The van der Waals surface area contributed by atoms with Crippen LogP contribution in [0.4, 0.5) is 0 Å². The molecule has 0 bridgehead atoms. The summed E-state index contributed by atoms with van der Waals surface area (Å²) in [5, 5.41) is 12.9. The van der Waals surface area contributed by atoms with Gasteiger partial charge in [-0.25, -0.2) is 0 Å². The lowest BCUT2D eigenvalue weighted by Gasteiger charge is -2.28. The highest BCUT2D eigenvalue weighted by atomic mass is 16.5. The first-order valence-corrected chi connectivity index (χ1v) is 7.00. The minimum absolute atomic E-state index is 0.112. The largest absolute Gasteiger partial charge is 0.386 e. The van der Waals surface area contributed by atoms with Crippen LogP contribution in [0.5, 0.6) is 0 Å². The van der Waals surface area contributed by atoms with Gasteiger partial charge in [-0.05, 0) is 12.8 Å². The molecule has 4 atom stereocenters. The van der Waals surface area contributed by atoms with Crippen molar-refractivity contribution < 1.29 is 4.74 Å². The van der Waals surface area contributed by atoms with E-state index in [-0.39, 0.29) is 18.5 Å². The van der Waals surface area contributed by atoms with E-state index in [2.05, 4.69) is 21.3 Å². The molecule has 1 saturated heterocycles. The third-order valence-electron chi connectivity index (χ3n) is 3.38. The van der Waals surface area contributed by atoms with E-state index in [1.165, 1.54) is 0 Å². The van der Waals surface area contributed by atoms with Crippen LogP contribution in [0.1, 0.15) is 19.3 Å². The molecule has 1 fully saturated rings. The van der Waals surface area contributed by atoms with E-state index in [4.69, 9.17) is 16.2 Å². The Kier molecular flexibility index (Phi) is 5.87. The molecule has 0 aromatic heterocycles. The van der Waals surface area contributed by atoms with Crippen molar-refractivity contribution in [3.05, 3.63) is 12.4 Å². The van der Waals surface area contributed by atoms with Crippen LogP contribution in [-0.2, 0) is 4.74 Å². The second-order valence-electron chi connectivity index (χ2n) is 5.12. The summed E-state index contributed by atoms with van der Waals surface area (Å²) in [6, 6.07) is 0. The number of ether oxygens (including phenoxy) is 1. The molecule has 0 aliphatic carbocycles. The van der Waals surface area contributed by atoms with Gasteiger partial charge in [0, 0.05) is 38.5 Å². The van der Waals surface area contributed by atoms with Crippen molar-refractivity contribution >= 4 is 0 Å². The molecule has 2 aliphatic rings. The fourth-order valence-corrected chi connectivity index (χ4v) is 2.35. The molecule has 2 aliphatic heterocycles. The van der Waals surface area contributed by atoms with Crippen molar-refractivity contribution in [1.29, 1.82) is 0 Å². The van der Waals surface area contributed by atoms with Gasteiger partial charge in [0.05, 0.1) is 24.6 Å². The van der Waals surface area contributed by atoms with Crippen molar-refractivity contribution in [3.8, 4) is 0 Å². The maximum Gasteiger partial charge on any atom is 0.0953 e. The zero-order valence-corrected chi connectivity index (χ0v) is 11.3. The average Bonchev–Trinajstić information content (AvgIpc) is 2.90. The molecule has 0 radical (unpaired) electrons. The molecule has 19 heavy (non-hydrogen) atoms. The summed E-state index contributed by atoms with van der Waals surface area (Å²) in [4.78, 5) is 0.